The van der Waals surface area contributed by atoms with Crippen LogP contribution in [0.4, 0.5) is 0 Å². The minimum atomic E-state index is 0.632. The fraction of sp³-hybridized carbons (Fsp3) is 0. The summed E-state index contributed by atoms with van der Waals surface area (Å²) in [4.78, 5) is 20.2. The van der Waals surface area contributed by atoms with Gasteiger partial charge >= 0.3 is 0 Å². The van der Waals surface area contributed by atoms with E-state index in [0.29, 0.717) is 17.5 Å². The normalized spacial score (nSPS) is 11.4. The molecule has 0 unspecified atom stereocenters. The Morgan fingerprint density at radius 1 is 0.321 bits per heavy atom. The second-order valence-corrected chi connectivity index (χ2v) is 14.1. The summed E-state index contributed by atoms with van der Waals surface area (Å²) in [6.45, 7) is 0. The van der Waals surface area contributed by atoms with Crippen molar-refractivity contribution in [1.29, 1.82) is 0 Å². The van der Waals surface area contributed by atoms with E-state index in [1.54, 1.807) is 0 Å². The summed E-state index contributed by atoms with van der Waals surface area (Å²) < 4.78 is 2.54. The molecule has 0 aliphatic rings. The van der Waals surface area contributed by atoms with Gasteiger partial charge in [-0.25, -0.2) is 19.9 Å². The van der Waals surface area contributed by atoms with Gasteiger partial charge in [-0.1, -0.05) is 170 Å². The van der Waals surface area contributed by atoms with Crippen LogP contribution < -0.4 is 0 Å². The van der Waals surface area contributed by atoms with Crippen LogP contribution >= 0.6 is 11.3 Å². The van der Waals surface area contributed by atoms with Crippen LogP contribution in [-0.4, -0.2) is 19.9 Å². The van der Waals surface area contributed by atoms with Gasteiger partial charge in [0.2, 0.25) is 0 Å². The molecule has 53 heavy (non-hydrogen) atoms. The average molecular weight is 695 g/mol. The van der Waals surface area contributed by atoms with Gasteiger partial charge in [-0.05, 0) is 34.4 Å². The number of nitrogens with zero attached hydrogens (tertiary/aromatic N) is 4. The number of aromatic nitrogens is 4. The van der Waals surface area contributed by atoms with Crippen LogP contribution in [0.2, 0.25) is 0 Å². The predicted octanol–water partition coefficient (Wildman–Crippen LogP) is 12.8. The molecule has 3 aromatic heterocycles. The molecule has 0 bridgehead atoms. The lowest BCUT2D eigenvalue weighted by Crippen LogP contribution is -2.00. The maximum atomic E-state index is 5.33. The largest absolute Gasteiger partial charge is 0.247 e. The van der Waals surface area contributed by atoms with Crippen molar-refractivity contribution in [2.24, 2.45) is 0 Å². The van der Waals surface area contributed by atoms with E-state index < -0.39 is 0 Å². The quantitative estimate of drug-likeness (QED) is 0.174. The van der Waals surface area contributed by atoms with Gasteiger partial charge in [0.25, 0.3) is 0 Å². The zero-order chi connectivity index (χ0) is 35.1. The van der Waals surface area contributed by atoms with Crippen LogP contribution in [0.3, 0.4) is 0 Å². The van der Waals surface area contributed by atoms with Gasteiger partial charge in [0.15, 0.2) is 17.5 Å². The average Bonchev–Trinajstić information content (AvgIpc) is 3.64. The van der Waals surface area contributed by atoms with Gasteiger partial charge in [-0.2, -0.15) is 0 Å². The van der Waals surface area contributed by atoms with Gasteiger partial charge in [-0.15, -0.1) is 11.3 Å². The molecule has 4 nitrogen and oxygen atoms in total. The fourth-order valence-corrected chi connectivity index (χ4v) is 8.29. The van der Waals surface area contributed by atoms with Crippen LogP contribution in [0.25, 0.3) is 98.7 Å². The number of rotatable bonds is 6. The van der Waals surface area contributed by atoms with Crippen molar-refractivity contribution in [3.05, 3.63) is 182 Å². The molecule has 0 fully saturated rings. The highest BCUT2D eigenvalue weighted by molar-refractivity contribution is 7.26. The van der Waals surface area contributed by atoms with E-state index in [4.69, 9.17) is 19.9 Å². The summed E-state index contributed by atoms with van der Waals surface area (Å²) in [6, 6.07) is 63.2. The Hall–Kier alpha value is -6.82. The highest BCUT2D eigenvalue weighted by Gasteiger charge is 2.17. The molecule has 0 aliphatic heterocycles. The summed E-state index contributed by atoms with van der Waals surface area (Å²) in [6.07, 6.45) is 0. The van der Waals surface area contributed by atoms with Crippen LogP contribution in [0, 0.1) is 0 Å². The second-order valence-electron chi connectivity index (χ2n) is 13.1. The first-order chi connectivity index (χ1) is 26.2. The molecule has 0 radical (unpaired) electrons. The van der Waals surface area contributed by atoms with Gasteiger partial charge in [0, 0.05) is 47.8 Å². The van der Waals surface area contributed by atoms with Crippen LogP contribution in [0.15, 0.2) is 182 Å². The smallest absolute Gasteiger partial charge is 0.164 e. The van der Waals surface area contributed by atoms with Crippen molar-refractivity contribution in [3.8, 4) is 67.7 Å². The fourth-order valence-electron chi connectivity index (χ4n) is 7.05. The van der Waals surface area contributed by atoms with Crippen molar-refractivity contribution >= 4 is 42.4 Å². The third kappa shape index (κ3) is 5.74. The third-order valence-electron chi connectivity index (χ3n) is 9.75. The van der Waals surface area contributed by atoms with Gasteiger partial charge < -0.3 is 0 Å². The van der Waals surface area contributed by atoms with E-state index in [2.05, 4.69) is 146 Å². The Labute approximate surface area is 310 Å². The van der Waals surface area contributed by atoms with Crippen molar-refractivity contribution in [2.45, 2.75) is 0 Å². The van der Waals surface area contributed by atoms with E-state index in [1.807, 2.05) is 47.7 Å². The molecule has 10 rings (SSSR count). The first kappa shape index (κ1) is 31.0. The van der Waals surface area contributed by atoms with E-state index in [9.17, 15) is 0 Å². The van der Waals surface area contributed by atoms with E-state index in [1.165, 1.54) is 31.1 Å². The number of fused-ring (bicyclic) bond motifs is 5. The lowest BCUT2D eigenvalue weighted by Gasteiger charge is -2.11. The molecule has 0 spiro atoms. The number of pyridine rings is 1. The van der Waals surface area contributed by atoms with Crippen molar-refractivity contribution in [1.82, 2.24) is 19.9 Å². The highest BCUT2D eigenvalue weighted by atomic mass is 32.1. The number of thiophene rings is 1. The lowest BCUT2D eigenvalue weighted by atomic mass is 9.99. The Morgan fingerprint density at radius 2 is 0.755 bits per heavy atom. The number of benzene rings is 7. The Balaban J connectivity index is 1.04. The molecule has 0 N–H and O–H groups in total. The number of hydrogen-bond acceptors (Lipinski definition) is 5. The molecule has 0 amide bonds. The van der Waals surface area contributed by atoms with Crippen LogP contribution in [-0.2, 0) is 0 Å². The topological polar surface area (TPSA) is 51.6 Å². The molecule has 10 aromatic rings. The molecule has 0 atom stereocenters. The monoisotopic (exact) mass is 694 g/mol. The first-order valence-corrected chi connectivity index (χ1v) is 18.5. The minimum absolute atomic E-state index is 0.632. The summed E-state index contributed by atoms with van der Waals surface area (Å²) in [5, 5.41) is 3.64. The van der Waals surface area contributed by atoms with Crippen molar-refractivity contribution in [2.75, 3.05) is 0 Å². The first-order valence-electron chi connectivity index (χ1n) is 17.6. The van der Waals surface area contributed by atoms with Crippen LogP contribution in [0.5, 0.6) is 0 Å². The molecule has 248 valence electrons. The maximum absolute atomic E-state index is 5.33. The molecule has 0 aliphatic carbocycles. The van der Waals surface area contributed by atoms with Gasteiger partial charge in [0.1, 0.15) is 0 Å². The van der Waals surface area contributed by atoms with Gasteiger partial charge in [0.05, 0.1) is 11.2 Å². The molecule has 7 aromatic carbocycles. The summed E-state index contributed by atoms with van der Waals surface area (Å²) in [5.41, 5.74) is 10.5. The molecule has 0 saturated carbocycles. The van der Waals surface area contributed by atoms with Crippen LogP contribution in [0.1, 0.15) is 0 Å². The molecular weight excluding hydrogens is 665 g/mol. The Bertz CT molecular complexity index is 2900. The predicted molar refractivity (Wildman–Crippen MR) is 221 cm³/mol. The summed E-state index contributed by atoms with van der Waals surface area (Å²) >= 11 is 1.84. The van der Waals surface area contributed by atoms with E-state index >= 15 is 0 Å². The van der Waals surface area contributed by atoms with E-state index in [-0.39, 0.29) is 0 Å². The summed E-state index contributed by atoms with van der Waals surface area (Å²) in [7, 11) is 0. The molecule has 0 saturated heterocycles. The standard InChI is InChI=1S/C48H30N4S/c1-4-12-31(13-5-1)32-20-24-36(25-21-32)47-50-46(35-16-8-3-9-17-35)51-48(52-47)37-26-22-33(23-27-37)38-28-29-39-41(30-38)49-44(34-14-6-2-7-15-34)43-40-18-10-11-19-42(40)53-45(39)43/h1-30H. The summed E-state index contributed by atoms with van der Waals surface area (Å²) in [5.74, 6) is 1.91. The maximum Gasteiger partial charge on any atom is 0.164 e. The third-order valence-corrected chi connectivity index (χ3v) is 11.0. The zero-order valence-corrected chi connectivity index (χ0v) is 29.3. The lowest BCUT2D eigenvalue weighted by molar-refractivity contribution is 1.07. The molecule has 5 heteroatoms. The number of hydrogen-bond donors (Lipinski definition) is 0. The highest BCUT2D eigenvalue weighted by Crippen LogP contribution is 2.43. The van der Waals surface area contributed by atoms with Crippen molar-refractivity contribution < 1.29 is 0 Å². The molecular formula is C48H30N4S. The minimum Gasteiger partial charge on any atom is -0.247 e. The Kier molecular flexibility index (Phi) is 7.63. The second kappa shape index (κ2) is 13.1. The molecule has 3 heterocycles. The van der Waals surface area contributed by atoms with Crippen molar-refractivity contribution in [3.63, 3.8) is 0 Å². The Morgan fingerprint density at radius 3 is 1.36 bits per heavy atom. The zero-order valence-electron chi connectivity index (χ0n) is 28.5. The van der Waals surface area contributed by atoms with Gasteiger partial charge in [-0.3, -0.25) is 0 Å². The van der Waals surface area contributed by atoms with E-state index in [0.717, 1.165) is 50.2 Å². The SMILES string of the molecule is c1ccc(-c2ccc(-c3nc(-c4ccccc4)nc(-c4ccc(-c5ccc6c(c5)nc(-c5ccccc5)c5c7ccccc7sc65)cc4)n3)cc2)cc1.